The van der Waals surface area contributed by atoms with E-state index < -0.39 is 17.9 Å². The highest BCUT2D eigenvalue weighted by Gasteiger charge is 2.47. The average Bonchev–Trinajstić information content (AvgIpc) is 3.19. The van der Waals surface area contributed by atoms with Crippen LogP contribution >= 0.6 is 0 Å². The Bertz CT molecular complexity index is 1130. The number of fused-ring (bicyclic) bond motifs is 3. The minimum atomic E-state index is -1.05. The van der Waals surface area contributed by atoms with E-state index in [1.807, 2.05) is 53.1 Å². The number of benzene rings is 2. The van der Waals surface area contributed by atoms with Crippen LogP contribution in [0.25, 0.3) is 11.0 Å². The quantitative estimate of drug-likeness (QED) is 0.306. The van der Waals surface area contributed by atoms with Crippen LogP contribution in [0.15, 0.2) is 48.5 Å². The van der Waals surface area contributed by atoms with Crippen LogP contribution in [-0.2, 0) is 19.1 Å². The van der Waals surface area contributed by atoms with Crippen LogP contribution in [0.2, 0.25) is 0 Å². The number of hydrogen-bond donors (Lipinski definition) is 0. The molecule has 0 fully saturated rings. The summed E-state index contributed by atoms with van der Waals surface area (Å²) in [4.78, 5) is 33.2. The standard InChI is InChI=1S/C24H27N3O5/c1-4-32-23(29)20-21(16-9-7-10-17(15-16)31-3)27-19-12-6-5-11-18(19)25-24(27)26(22(20)28)13-8-14-30-2/h5-7,9-12,15,20-21H,4,8,13-14H2,1-3H3/t20-,21+/m0/s1. The van der Waals surface area contributed by atoms with E-state index in [1.54, 1.807) is 26.0 Å². The first-order valence-corrected chi connectivity index (χ1v) is 10.7. The molecule has 1 amide bonds. The molecule has 0 aliphatic carbocycles. The zero-order chi connectivity index (χ0) is 22.7. The summed E-state index contributed by atoms with van der Waals surface area (Å²) in [7, 11) is 3.21. The summed E-state index contributed by atoms with van der Waals surface area (Å²) in [6.45, 7) is 2.80. The molecule has 8 heteroatoms. The normalized spacial score (nSPS) is 18.0. The highest BCUT2D eigenvalue weighted by Crippen LogP contribution is 2.41. The largest absolute Gasteiger partial charge is 0.497 e. The maximum absolute atomic E-state index is 13.7. The Kier molecular flexibility index (Phi) is 6.41. The maximum Gasteiger partial charge on any atom is 0.321 e. The van der Waals surface area contributed by atoms with Crippen molar-refractivity contribution in [2.24, 2.45) is 5.92 Å². The highest BCUT2D eigenvalue weighted by atomic mass is 16.5. The van der Waals surface area contributed by atoms with Crippen molar-refractivity contribution in [3.8, 4) is 5.75 Å². The zero-order valence-electron chi connectivity index (χ0n) is 18.5. The number of esters is 1. The molecule has 8 nitrogen and oxygen atoms in total. The van der Waals surface area contributed by atoms with Gasteiger partial charge in [0.05, 0.1) is 30.8 Å². The summed E-state index contributed by atoms with van der Waals surface area (Å²) < 4.78 is 17.9. The first kappa shape index (κ1) is 21.8. The summed E-state index contributed by atoms with van der Waals surface area (Å²) in [6, 6.07) is 14.5. The number of nitrogens with zero attached hydrogens (tertiary/aromatic N) is 3. The van der Waals surface area contributed by atoms with Crippen molar-refractivity contribution >= 4 is 28.9 Å². The summed E-state index contributed by atoms with van der Waals surface area (Å²) in [5.74, 6) is -0.762. The number of rotatable bonds is 8. The molecule has 0 unspecified atom stereocenters. The molecule has 0 bridgehead atoms. The van der Waals surface area contributed by atoms with Crippen molar-refractivity contribution in [2.75, 3.05) is 38.9 Å². The van der Waals surface area contributed by atoms with Gasteiger partial charge >= 0.3 is 5.97 Å². The Morgan fingerprint density at radius 1 is 1.12 bits per heavy atom. The number of carbonyl (C=O) groups is 2. The van der Waals surface area contributed by atoms with Gasteiger partial charge in [0, 0.05) is 20.3 Å². The van der Waals surface area contributed by atoms with Crippen LogP contribution in [0.1, 0.15) is 24.9 Å². The van der Waals surface area contributed by atoms with Crippen LogP contribution in [0.4, 0.5) is 5.95 Å². The van der Waals surface area contributed by atoms with Gasteiger partial charge in [-0.05, 0) is 43.2 Å². The minimum absolute atomic E-state index is 0.189. The molecule has 0 radical (unpaired) electrons. The van der Waals surface area contributed by atoms with Crippen LogP contribution in [0.3, 0.4) is 0 Å². The number of aromatic nitrogens is 2. The van der Waals surface area contributed by atoms with Crippen LogP contribution in [-0.4, -0.2) is 55.4 Å². The van der Waals surface area contributed by atoms with E-state index in [-0.39, 0.29) is 12.5 Å². The van der Waals surface area contributed by atoms with E-state index >= 15 is 0 Å². The fourth-order valence-corrected chi connectivity index (χ4v) is 4.25. The first-order chi connectivity index (χ1) is 15.6. The third kappa shape index (κ3) is 3.82. The number of anilines is 1. The third-order valence-electron chi connectivity index (χ3n) is 5.65. The van der Waals surface area contributed by atoms with E-state index in [4.69, 9.17) is 19.2 Å². The number of hydrogen-bond acceptors (Lipinski definition) is 6. The monoisotopic (exact) mass is 437 g/mol. The van der Waals surface area contributed by atoms with Crippen molar-refractivity contribution in [1.82, 2.24) is 9.55 Å². The summed E-state index contributed by atoms with van der Waals surface area (Å²) >= 11 is 0. The molecule has 3 aromatic rings. The second-order valence-electron chi connectivity index (χ2n) is 7.56. The predicted molar refractivity (Wildman–Crippen MR) is 120 cm³/mol. The van der Waals surface area contributed by atoms with E-state index in [1.165, 1.54) is 0 Å². The molecule has 2 aromatic carbocycles. The van der Waals surface area contributed by atoms with Gasteiger partial charge in [0.1, 0.15) is 5.75 Å². The van der Waals surface area contributed by atoms with Crippen molar-refractivity contribution in [1.29, 1.82) is 0 Å². The number of imidazole rings is 1. The Balaban J connectivity index is 1.94. The molecular weight excluding hydrogens is 410 g/mol. The Labute approximate surface area is 186 Å². The molecule has 0 spiro atoms. The van der Waals surface area contributed by atoms with Gasteiger partial charge in [0.25, 0.3) is 0 Å². The maximum atomic E-state index is 13.7. The summed E-state index contributed by atoms with van der Waals surface area (Å²) in [6.07, 6.45) is 0.616. The lowest BCUT2D eigenvalue weighted by Gasteiger charge is -2.38. The lowest BCUT2D eigenvalue weighted by molar-refractivity contribution is -0.153. The van der Waals surface area contributed by atoms with Gasteiger partial charge in [0.2, 0.25) is 11.9 Å². The van der Waals surface area contributed by atoms with Crippen LogP contribution < -0.4 is 9.64 Å². The molecule has 1 aromatic heterocycles. The average molecular weight is 437 g/mol. The molecule has 32 heavy (non-hydrogen) atoms. The Hall–Kier alpha value is -3.39. The third-order valence-corrected chi connectivity index (χ3v) is 5.65. The lowest BCUT2D eigenvalue weighted by Crippen LogP contribution is -2.50. The number of methoxy groups -OCH3 is 2. The molecular formula is C24H27N3O5. The molecule has 1 aliphatic rings. The number of ether oxygens (including phenoxy) is 3. The van der Waals surface area contributed by atoms with Crippen molar-refractivity contribution < 1.29 is 23.8 Å². The molecule has 0 saturated heterocycles. The predicted octanol–water partition coefficient (Wildman–Crippen LogP) is 3.20. The second-order valence-corrected chi connectivity index (χ2v) is 7.56. The molecule has 0 saturated carbocycles. The van der Waals surface area contributed by atoms with E-state index in [9.17, 15) is 9.59 Å². The molecule has 2 atom stereocenters. The highest BCUT2D eigenvalue weighted by molar-refractivity contribution is 6.08. The van der Waals surface area contributed by atoms with Crippen LogP contribution in [0, 0.1) is 5.92 Å². The Morgan fingerprint density at radius 3 is 2.69 bits per heavy atom. The van der Waals surface area contributed by atoms with Gasteiger partial charge in [-0.15, -0.1) is 0 Å². The van der Waals surface area contributed by atoms with Gasteiger partial charge in [-0.25, -0.2) is 4.98 Å². The SMILES string of the molecule is CCOC(=O)[C@@H]1C(=O)N(CCCOC)c2nc3ccccc3n2[C@@H]1c1cccc(OC)c1. The topological polar surface area (TPSA) is 82.9 Å². The fourth-order valence-electron chi connectivity index (χ4n) is 4.25. The van der Waals surface area contributed by atoms with Crippen molar-refractivity contribution in [3.63, 3.8) is 0 Å². The molecule has 1 aliphatic heterocycles. The molecule has 2 heterocycles. The second kappa shape index (κ2) is 9.40. The molecule has 0 N–H and O–H groups in total. The fraction of sp³-hybridized carbons (Fsp3) is 0.375. The number of carbonyl (C=O) groups excluding carboxylic acids is 2. The number of para-hydroxylation sites is 2. The van der Waals surface area contributed by atoms with E-state index in [0.717, 1.165) is 16.6 Å². The van der Waals surface area contributed by atoms with Gasteiger partial charge < -0.3 is 18.8 Å². The summed E-state index contributed by atoms with van der Waals surface area (Å²) in [5, 5.41) is 0. The van der Waals surface area contributed by atoms with Gasteiger partial charge in [-0.3, -0.25) is 14.5 Å². The van der Waals surface area contributed by atoms with Gasteiger partial charge in [-0.1, -0.05) is 24.3 Å². The smallest absolute Gasteiger partial charge is 0.321 e. The molecule has 4 rings (SSSR count). The molecule has 168 valence electrons. The van der Waals surface area contributed by atoms with Crippen molar-refractivity contribution in [3.05, 3.63) is 54.1 Å². The van der Waals surface area contributed by atoms with E-state index in [2.05, 4.69) is 0 Å². The van der Waals surface area contributed by atoms with Crippen molar-refractivity contribution in [2.45, 2.75) is 19.4 Å². The lowest BCUT2D eigenvalue weighted by atomic mass is 9.89. The zero-order valence-corrected chi connectivity index (χ0v) is 18.5. The Morgan fingerprint density at radius 2 is 1.94 bits per heavy atom. The summed E-state index contributed by atoms with van der Waals surface area (Å²) in [5.41, 5.74) is 2.37. The van der Waals surface area contributed by atoms with Gasteiger partial charge in [-0.2, -0.15) is 0 Å². The minimum Gasteiger partial charge on any atom is -0.497 e. The van der Waals surface area contributed by atoms with Crippen LogP contribution in [0.5, 0.6) is 5.75 Å². The van der Waals surface area contributed by atoms with E-state index in [0.29, 0.717) is 31.3 Å². The van der Waals surface area contributed by atoms with Gasteiger partial charge in [0.15, 0.2) is 5.92 Å². The first-order valence-electron chi connectivity index (χ1n) is 10.7. The number of amides is 1.